The van der Waals surface area contributed by atoms with Crippen LogP contribution in [0.2, 0.25) is 0 Å². The smallest absolute Gasteiger partial charge is 0.270 e. The average molecular weight is 329 g/mol. The second-order valence-corrected chi connectivity index (χ2v) is 5.23. The van der Waals surface area contributed by atoms with Crippen LogP contribution in [0, 0.1) is 10.1 Å². The highest BCUT2D eigenvalue weighted by molar-refractivity contribution is 9.10. The van der Waals surface area contributed by atoms with Gasteiger partial charge in [-0.2, -0.15) is 0 Å². The quantitative estimate of drug-likeness (QED) is 0.680. The van der Waals surface area contributed by atoms with Gasteiger partial charge in [0.15, 0.2) is 0 Å². The van der Waals surface area contributed by atoms with Crippen molar-refractivity contribution < 1.29 is 14.6 Å². The van der Waals surface area contributed by atoms with Crippen LogP contribution in [-0.4, -0.2) is 16.9 Å². The number of amides is 1. The maximum Gasteiger partial charge on any atom is 0.284 e. The number of nitrogens with zero attached hydrogens (tertiary/aromatic N) is 1. The zero-order chi connectivity index (χ0) is 13.8. The molecule has 7 heteroatoms. The van der Waals surface area contributed by atoms with Gasteiger partial charge in [0.05, 0.1) is 15.5 Å². The highest BCUT2D eigenvalue weighted by Crippen LogP contribution is 2.25. The molecule has 0 unspecified atom stereocenters. The molecule has 1 aromatic carbocycles. The molecule has 0 radical (unpaired) electrons. The first-order valence-electron chi connectivity index (χ1n) is 5.98. The topological polar surface area (TPSA) is 81.5 Å². The molecule has 0 aliphatic heterocycles. The van der Waals surface area contributed by atoms with Crippen LogP contribution in [0.4, 0.5) is 5.69 Å². The molecule has 0 bridgehead atoms. The summed E-state index contributed by atoms with van der Waals surface area (Å²) in [7, 11) is 0. The lowest BCUT2D eigenvalue weighted by Gasteiger charge is -2.11. The molecule has 1 amide bonds. The van der Waals surface area contributed by atoms with E-state index in [9.17, 15) is 14.9 Å². The second kappa shape index (κ2) is 6.12. The SMILES string of the molecule is O=C(NOC1CCCC1)c1ccc(Br)c([N+](=O)[O-])c1. The van der Waals surface area contributed by atoms with Crippen LogP contribution in [0.5, 0.6) is 0 Å². The minimum Gasteiger partial charge on any atom is -0.270 e. The molecule has 1 N–H and O–H groups in total. The molecule has 0 saturated heterocycles. The summed E-state index contributed by atoms with van der Waals surface area (Å²) in [5.41, 5.74) is 2.41. The number of benzene rings is 1. The molecule has 6 nitrogen and oxygen atoms in total. The number of hydrogen-bond acceptors (Lipinski definition) is 4. The molecular formula is C12H13BrN2O4. The van der Waals surface area contributed by atoms with E-state index in [1.54, 1.807) is 0 Å². The largest absolute Gasteiger partial charge is 0.284 e. The van der Waals surface area contributed by atoms with Crippen LogP contribution in [0.3, 0.4) is 0 Å². The number of hydrogen-bond donors (Lipinski definition) is 1. The van der Waals surface area contributed by atoms with Gasteiger partial charge in [-0.1, -0.05) is 12.8 Å². The highest BCUT2D eigenvalue weighted by Gasteiger charge is 2.19. The Morgan fingerprint density at radius 3 is 2.74 bits per heavy atom. The fraction of sp³-hybridized carbons (Fsp3) is 0.417. The molecule has 1 fully saturated rings. The van der Waals surface area contributed by atoms with Crippen LogP contribution in [0.15, 0.2) is 22.7 Å². The minimum absolute atomic E-state index is 0.0504. The fourth-order valence-corrected chi connectivity index (χ4v) is 2.39. The normalized spacial score (nSPS) is 15.4. The van der Waals surface area contributed by atoms with Crippen molar-refractivity contribution in [2.24, 2.45) is 0 Å². The Morgan fingerprint density at radius 2 is 2.11 bits per heavy atom. The van der Waals surface area contributed by atoms with E-state index in [1.165, 1.54) is 18.2 Å². The van der Waals surface area contributed by atoms with E-state index in [-0.39, 0.29) is 17.4 Å². The van der Waals surface area contributed by atoms with Crippen molar-refractivity contribution in [2.75, 3.05) is 0 Å². The Balaban J connectivity index is 2.02. The lowest BCUT2D eigenvalue weighted by molar-refractivity contribution is -0.385. The van der Waals surface area contributed by atoms with Gasteiger partial charge in [-0.3, -0.25) is 19.7 Å². The monoisotopic (exact) mass is 328 g/mol. The molecule has 0 aromatic heterocycles. The molecule has 19 heavy (non-hydrogen) atoms. The van der Waals surface area contributed by atoms with Gasteiger partial charge < -0.3 is 0 Å². The molecular weight excluding hydrogens is 316 g/mol. The number of nitrogens with one attached hydrogen (secondary N) is 1. The molecule has 1 aliphatic carbocycles. The average Bonchev–Trinajstić information content (AvgIpc) is 2.89. The lowest BCUT2D eigenvalue weighted by Crippen LogP contribution is -2.28. The third-order valence-corrected chi connectivity index (χ3v) is 3.70. The fourth-order valence-electron chi connectivity index (χ4n) is 2.00. The summed E-state index contributed by atoms with van der Waals surface area (Å²) in [4.78, 5) is 27.3. The molecule has 1 saturated carbocycles. The van der Waals surface area contributed by atoms with E-state index in [4.69, 9.17) is 4.84 Å². The minimum atomic E-state index is -0.543. The molecule has 0 atom stereocenters. The van der Waals surface area contributed by atoms with Crippen LogP contribution < -0.4 is 5.48 Å². The summed E-state index contributed by atoms with van der Waals surface area (Å²) in [6.07, 6.45) is 4.12. The van der Waals surface area contributed by atoms with Gasteiger partial charge in [-0.15, -0.1) is 0 Å². The van der Waals surface area contributed by atoms with E-state index in [1.807, 2.05) is 0 Å². The molecule has 0 heterocycles. The summed E-state index contributed by atoms with van der Waals surface area (Å²) < 4.78 is 0.339. The van der Waals surface area contributed by atoms with Crippen molar-refractivity contribution in [2.45, 2.75) is 31.8 Å². The van der Waals surface area contributed by atoms with Gasteiger partial charge in [0.25, 0.3) is 11.6 Å². The number of rotatable bonds is 4. The van der Waals surface area contributed by atoms with Crippen LogP contribution >= 0.6 is 15.9 Å². The van der Waals surface area contributed by atoms with Crippen LogP contribution in [0.1, 0.15) is 36.0 Å². The Morgan fingerprint density at radius 1 is 1.42 bits per heavy atom. The lowest BCUT2D eigenvalue weighted by atomic mass is 10.2. The van der Waals surface area contributed by atoms with Crippen molar-refractivity contribution >= 4 is 27.5 Å². The van der Waals surface area contributed by atoms with Crippen molar-refractivity contribution in [3.05, 3.63) is 38.3 Å². The van der Waals surface area contributed by atoms with E-state index in [0.717, 1.165) is 25.7 Å². The van der Waals surface area contributed by atoms with Gasteiger partial charge in [0.2, 0.25) is 0 Å². The Labute approximate surface area is 118 Å². The molecule has 1 aromatic rings. The van der Waals surface area contributed by atoms with Crippen molar-refractivity contribution in [3.8, 4) is 0 Å². The first kappa shape index (κ1) is 14.0. The predicted octanol–water partition coefficient (Wildman–Crippen LogP) is 2.96. The number of nitro benzene ring substituents is 1. The van der Waals surface area contributed by atoms with E-state index in [2.05, 4.69) is 21.4 Å². The van der Waals surface area contributed by atoms with Crippen molar-refractivity contribution in [3.63, 3.8) is 0 Å². The van der Waals surface area contributed by atoms with E-state index < -0.39 is 10.8 Å². The molecule has 2 rings (SSSR count). The highest BCUT2D eigenvalue weighted by atomic mass is 79.9. The predicted molar refractivity (Wildman–Crippen MR) is 71.6 cm³/mol. The maximum absolute atomic E-state index is 11.8. The maximum atomic E-state index is 11.8. The third-order valence-electron chi connectivity index (χ3n) is 3.03. The standard InChI is InChI=1S/C12H13BrN2O4/c13-10-6-5-8(7-11(10)15(17)18)12(16)14-19-9-3-1-2-4-9/h5-7,9H,1-4H2,(H,14,16). The van der Waals surface area contributed by atoms with Gasteiger partial charge in [0.1, 0.15) is 0 Å². The van der Waals surface area contributed by atoms with E-state index in [0.29, 0.717) is 4.47 Å². The van der Waals surface area contributed by atoms with Crippen molar-refractivity contribution in [1.29, 1.82) is 0 Å². The summed E-state index contributed by atoms with van der Waals surface area (Å²) in [6, 6.07) is 4.20. The number of hydroxylamine groups is 1. The number of nitro groups is 1. The summed E-state index contributed by atoms with van der Waals surface area (Å²) >= 11 is 3.07. The van der Waals surface area contributed by atoms with E-state index >= 15 is 0 Å². The Kier molecular flexibility index (Phi) is 4.49. The number of halogens is 1. The molecule has 0 spiro atoms. The van der Waals surface area contributed by atoms with Crippen molar-refractivity contribution in [1.82, 2.24) is 5.48 Å². The van der Waals surface area contributed by atoms with Crippen LogP contribution in [0.25, 0.3) is 0 Å². The second-order valence-electron chi connectivity index (χ2n) is 4.38. The summed E-state index contributed by atoms with van der Waals surface area (Å²) in [5.74, 6) is -0.470. The summed E-state index contributed by atoms with van der Waals surface area (Å²) in [5, 5.41) is 10.8. The zero-order valence-electron chi connectivity index (χ0n) is 10.1. The first-order valence-corrected chi connectivity index (χ1v) is 6.77. The van der Waals surface area contributed by atoms with Gasteiger partial charge in [-0.25, -0.2) is 5.48 Å². The van der Waals surface area contributed by atoms with Gasteiger partial charge in [-0.05, 0) is 40.9 Å². The molecule has 102 valence electrons. The number of carbonyl (C=O) groups is 1. The first-order chi connectivity index (χ1) is 9.08. The zero-order valence-corrected chi connectivity index (χ0v) is 11.7. The van der Waals surface area contributed by atoms with Gasteiger partial charge >= 0.3 is 0 Å². The van der Waals surface area contributed by atoms with Gasteiger partial charge in [0, 0.05) is 11.6 Å². The molecule has 1 aliphatic rings. The van der Waals surface area contributed by atoms with Crippen LogP contribution in [-0.2, 0) is 4.84 Å². The number of carbonyl (C=O) groups excluding carboxylic acids is 1. The summed E-state index contributed by atoms with van der Waals surface area (Å²) in [6.45, 7) is 0. The third kappa shape index (κ3) is 3.51. The Hall–Kier alpha value is -1.47. The Bertz CT molecular complexity index is 501.